The number of amides is 1. The number of likely N-dealkylation sites (tertiary alicyclic amines) is 2. The van der Waals surface area contributed by atoms with Gasteiger partial charge in [0.05, 0.1) is 6.04 Å². The van der Waals surface area contributed by atoms with Gasteiger partial charge in [0.1, 0.15) is 0 Å². The summed E-state index contributed by atoms with van der Waals surface area (Å²) >= 11 is 0. The average molecular weight is 432 g/mol. The van der Waals surface area contributed by atoms with Crippen LogP contribution in [0.5, 0.6) is 0 Å². The topological polar surface area (TPSA) is 47.6 Å². The fourth-order valence-corrected chi connectivity index (χ4v) is 4.46. The molecule has 8 heteroatoms. The zero-order valence-electron chi connectivity index (χ0n) is 16.0. The molecule has 3 rings (SSSR count). The lowest BCUT2D eigenvalue weighted by atomic mass is 9.84. The summed E-state index contributed by atoms with van der Waals surface area (Å²) in [6.45, 7) is 6.53. The second-order valence-electron chi connectivity index (χ2n) is 7.80. The van der Waals surface area contributed by atoms with Crippen molar-refractivity contribution in [2.75, 3.05) is 46.3 Å². The molecule has 0 aromatic carbocycles. The first-order chi connectivity index (χ1) is 11.2. The summed E-state index contributed by atoms with van der Waals surface area (Å²) in [5, 5.41) is 6.69. The third kappa shape index (κ3) is 6.68. The van der Waals surface area contributed by atoms with Crippen molar-refractivity contribution in [3.05, 3.63) is 0 Å². The lowest BCUT2D eigenvalue weighted by Crippen LogP contribution is -2.62. The van der Waals surface area contributed by atoms with Crippen molar-refractivity contribution >= 4 is 43.1 Å². The Hall–Kier alpha value is 0.220. The predicted molar refractivity (Wildman–Crippen MR) is 115 cm³/mol. The molecule has 156 valence electrons. The van der Waals surface area contributed by atoms with Crippen LogP contribution in [-0.4, -0.2) is 73.6 Å². The van der Waals surface area contributed by atoms with Crippen LogP contribution in [0.25, 0.3) is 0 Å². The molecule has 5 nitrogen and oxygen atoms in total. The first-order valence-electron chi connectivity index (χ1n) is 9.64. The number of carbonyl (C=O) groups is 1. The second-order valence-corrected chi connectivity index (χ2v) is 7.80. The average Bonchev–Trinajstić information content (AvgIpc) is 2.63. The van der Waals surface area contributed by atoms with Crippen LogP contribution in [-0.2, 0) is 4.79 Å². The first-order valence-corrected chi connectivity index (χ1v) is 9.64. The van der Waals surface area contributed by atoms with Gasteiger partial charge >= 0.3 is 0 Å². The van der Waals surface area contributed by atoms with Gasteiger partial charge in [-0.3, -0.25) is 9.69 Å². The third-order valence-electron chi connectivity index (χ3n) is 6.16. The van der Waals surface area contributed by atoms with Crippen molar-refractivity contribution < 1.29 is 4.79 Å². The van der Waals surface area contributed by atoms with Crippen molar-refractivity contribution in [2.24, 2.45) is 0 Å². The van der Waals surface area contributed by atoms with Gasteiger partial charge in [-0.15, -0.1) is 37.2 Å². The SMILES string of the molecule is CN1CCC(CNC(=O)[C@H]2CCCCN2)(N2CCCCC2)CC1.Cl.Cl.Cl. The zero-order chi connectivity index (χ0) is 16.1. The highest BCUT2D eigenvalue weighted by molar-refractivity contribution is 5.86. The summed E-state index contributed by atoms with van der Waals surface area (Å²) in [6, 6.07) is 0.0356. The van der Waals surface area contributed by atoms with Crippen molar-refractivity contribution in [1.82, 2.24) is 20.4 Å². The van der Waals surface area contributed by atoms with Crippen LogP contribution in [0.15, 0.2) is 0 Å². The molecular weight excluding hydrogens is 395 g/mol. The molecule has 3 saturated heterocycles. The minimum Gasteiger partial charge on any atom is -0.353 e. The number of halogens is 3. The fourth-order valence-electron chi connectivity index (χ4n) is 4.46. The van der Waals surface area contributed by atoms with Crippen LogP contribution >= 0.6 is 37.2 Å². The van der Waals surface area contributed by atoms with Gasteiger partial charge in [0.25, 0.3) is 0 Å². The molecule has 1 atom stereocenters. The number of rotatable bonds is 4. The summed E-state index contributed by atoms with van der Waals surface area (Å²) in [5.41, 5.74) is 0.192. The number of piperidine rings is 3. The molecule has 26 heavy (non-hydrogen) atoms. The highest BCUT2D eigenvalue weighted by Crippen LogP contribution is 2.30. The molecule has 0 spiro atoms. The Labute approximate surface area is 177 Å². The summed E-state index contributed by atoms with van der Waals surface area (Å²) in [5.74, 6) is 0.222. The van der Waals surface area contributed by atoms with Gasteiger partial charge in [0.15, 0.2) is 0 Å². The second kappa shape index (κ2) is 12.6. The molecule has 0 saturated carbocycles. The molecule has 0 radical (unpaired) electrons. The number of hydrogen-bond acceptors (Lipinski definition) is 4. The molecule has 3 aliphatic heterocycles. The van der Waals surface area contributed by atoms with Crippen LogP contribution in [0.2, 0.25) is 0 Å². The fraction of sp³-hybridized carbons (Fsp3) is 0.944. The van der Waals surface area contributed by atoms with Crippen molar-refractivity contribution in [1.29, 1.82) is 0 Å². The molecule has 0 aromatic rings. The molecule has 0 aliphatic carbocycles. The molecule has 1 amide bonds. The summed E-state index contributed by atoms with van der Waals surface area (Å²) in [7, 11) is 2.21. The van der Waals surface area contributed by atoms with E-state index >= 15 is 0 Å². The number of hydrogen-bond donors (Lipinski definition) is 2. The van der Waals surface area contributed by atoms with E-state index < -0.39 is 0 Å². The smallest absolute Gasteiger partial charge is 0.237 e. The molecule has 0 unspecified atom stereocenters. The maximum absolute atomic E-state index is 12.5. The lowest BCUT2D eigenvalue weighted by molar-refractivity contribution is -0.124. The minimum atomic E-state index is 0. The van der Waals surface area contributed by atoms with Gasteiger partial charge in [-0.1, -0.05) is 12.8 Å². The van der Waals surface area contributed by atoms with Crippen molar-refractivity contribution in [3.8, 4) is 0 Å². The van der Waals surface area contributed by atoms with E-state index in [4.69, 9.17) is 0 Å². The maximum atomic E-state index is 12.5. The highest BCUT2D eigenvalue weighted by atomic mass is 35.5. The summed E-state index contributed by atoms with van der Waals surface area (Å²) in [6.07, 6.45) is 9.73. The van der Waals surface area contributed by atoms with Crippen LogP contribution in [0, 0.1) is 0 Å². The number of carbonyl (C=O) groups excluding carboxylic acids is 1. The Morgan fingerprint density at radius 1 is 1.00 bits per heavy atom. The van der Waals surface area contributed by atoms with Gasteiger partial charge in [-0.05, 0) is 78.3 Å². The van der Waals surface area contributed by atoms with Crippen LogP contribution < -0.4 is 10.6 Å². The van der Waals surface area contributed by atoms with Crippen LogP contribution in [0.1, 0.15) is 51.4 Å². The Morgan fingerprint density at radius 3 is 2.23 bits per heavy atom. The number of nitrogens with one attached hydrogen (secondary N) is 2. The van der Waals surface area contributed by atoms with Gasteiger partial charge < -0.3 is 15.5 Å². The molecule has 2 N–H and O–H groups in total. The van der Waals surface area contributed by atoms with Crippen LogP contribution in [0.4, 0.5) is 0 Å². The molecular formula is C18H37Cl3N4O. The van der Waals surface area contributed by atoms with E-state index in [0.717, 1.165) is 32.6 Å². The van der Waals surface area contributed by atoms with E-state index in [1.54, 1.807) is 0 Å². The van der Waals surface area contributed by atoms with Gasteiger partial charge in [-0.2, -0.15) is 0 Å². The van der Waals surface area contributed by atoms with E-state index in [-0.39, 0.29) is 54.7 Å². The monoisotopic (exact) mass is 430 g/mol. The summed E-state index contributed by atoms with van der Waals surface area (Å²) < 4.78 is 0. The molecule has 3 aliphatic rings. The highest BCUT2D eigenvalue weighted by Gasteiger charge is 2.40. The Kier molecular flexibility index (Phi) is 12.7. The van der Waals surface area contributed by atoms with Gasteiger partial charge in [0.2, 0.25) is 5.91 Å². The lowest BCUT2D eigenvalue weighted by Gasteiger charge is -2.50. The molecule has 3 fully saturated rings. The third-order valence-corrected chi connectivity index (χ3v) is 6.16. The predicted octanol–water partition coefficient (Wildman–Crippen LogP) is 2.46. The number of nitrogens with zero attached hydrogens (tertiary/aromatic N) is 2. The summed E-state index contributed by atoms with van der Waals surface area (Å²) in [4.78, 5) is 17.6. The minimum absolute atomic E-state index is 0. The standard InChI is InChI=1S/C18H34N4O.3ClH/c1-21-13-8-18(9-14-21,22-11-5-2-6-12-22)15-20-17(23)16-7-3-4-10-19-16;;;/h16,19H,2-15H2,1H3,(H,20,23);3*1H/t16-;;;/m1.../s1. The first kappa shape index (κ1) is 26.2. The molecule has 0 aromatic heterocycles. The van der Waals surface area contributed by atoms with E-state index in [0.29, 0.717) is 0 Å². The van der Waals surface area contributed by atoms with Crippen molar-refractivity contribution in [2.45, 2.75) is 62.9 Å². The van der Waals surface area contributed by atoms with E-state index in [1.165, 1.54) is 58.0 Å². The molecule has 3 heterocycles. The van der Waals surface area contributed by atoms with E-state index in [1.807, 2.05) is 0 Å². The zero-order valence-corrected chi connectivity index (χ0v) is 18.5. The largest absolute Gasteiger partial charge is 0.353 e. The molecule has 0 bridgehead atoms. The van der Waals surface area contributed by atoms with Crippen molar-refractivity contribution in [3.63, 3.8) is 0 Å². The van der Waals surface area contributed by atoms with Gasteiger partial charge in [-0.25, -0.2) is 0 Å². The maximum Gasteiger partial charge on any atom is 0.237 e. The van der Waals surface area contributed by atoms with E-state index in [9.17, 15) is 4.79 Å². The Morgan fingerprint density at radius 2 is 1.65 bits per heavy atom. The Balaban J connectivity index is 0.00000208. The van der Waals surface area contributed by atoms with Crippen LogP contribution in [0.3, 0.4) is 0 Å². The normalized spacial score (nSPS) is 26.6. The Bertz CT molecular complexity index is 394. The van der Waals surface area contributed by atoms with E-state index in [2.05, 4.69) is 27.5 Å². The quantitative estimate of drug-likeness (QED) is 0.718. The van der Waals surface area contributed by atoms with Gasteiger partial charge in [0, 0.05) is 12.1 Å².